The molecule has 4 unspecified atom stereocenters. The lowest BCUT2D eigenvalue weighted by atomic mass is 9.99. The number of piperazine rings is 1. The molecule has 0 aromatic rings. The number of hydrogen-bond donors (Lipinski definition) is 1. The van der Waals surface area contributed by atoms with Crippen molar-refractivity contribution in [3.8, 4) is 0 Å². The van der Waals surface area contributed by atoms with Crippen LogP contribution in [0, 0.1) is 5.92 Å². The van der Waals surface area contributed by atoms with E-state index in [2.05, 4.69) is 44.4 Å². The largest absolute Gasteiger partial charge is 0.327 e. The SMILES string of the molecule is CCCC(C)CN1CCN(CC(N)CCC)C(C)C1C. The third-order valence-corrected chi connectivity index (χ3v) is 4.98. The monoisotopic (exact) mass is 283 g/mol. The smallest absolute Gasteiger partial charge is 0.0221 e. The van der Waals surface area contributed by atoms with Gasteiger partial charge < -0.3 is 5.73 Å². The molecular weight excluding hydrogens is 246 g/mol. The Morgan fingerprint density at radius 1 is 0.950 bits per heavy atom. The van der Waals surface area contributed by atoms with Gasteiger partial charge in [0.2, 0.25) is 0 Å². The molecule has 1 aliphatic heterocycles. The standard InChI is InChI=1S/C17H37N3/c1-6-8-14(3)12-19-10-11-20(16(5)15(19)4)13-17(18)9-7-2/h14-17H,6-13,18H2,1-5H3. The van der Waals surface area contributed by atoms with Gasteiger partial charge in [-0.1, -0.05) is 33.6 Å². The van der Waals surface area contributed by atoms with Gasteiger partial charge in [-0.15, -0.1) is 0 Å². The van der Waals surface area contributed by atoms with E-state index in [1.165, 1.54) is 38.9 Å². The highest BCUT2D eigenvalue weighted by Gasteiger charge is 2.31. The number of nitrogens with zero attached hydrogens (tertiary/aromatic N) is 2. The third-order valence-electron chi connectivity index (χ3n) is 4.98. The highest BCUT2D eigenvalue weighted by Crippen LogP contribution is 2.20. The molecule has 3 heteroatoms. The van der Waals surface area contributed by atoms with E-state index in [0.29, 0.717) is 18.1 Å². The van der Waals surface area contributed by atoms with Crippen molar-refractivity contribution < 1.29 is 0 Å². The molecule has 1 fully saturated rings. The molecule has 1 rings (SSSR count). The molecule has 0 radical (unpaired) electrons. The summed E-state index contributed by atoms with van der Waals surface area (Å²) in [6.45, 7) is 16.4. The molecule has 20 heavy (non-hydrogen) atoms. The molecular formula is C17H37N3. The van der Waals surface area contributed by atoms with Gasteiger partial charge in [0.25, 0.3) is 0 Å². The van der Waals surface area contributed by atoms with E-state index in [1.54, 1.807) is 0 Å². The van der Waals surface area contributed by atoms with Crippen molar-refractivity contribution >= 4 is 0 Å². The van der Waals surface area contributed by atoms with E-state index in [-0.39, 0.29) is 0 Å². The van der Waals surface area contributed by atoms with Gasteiger partial charge in [-0.3, -0.25) is 9.80 Å². The van der Waals surface area contributed by atoms with Gasteiger partial charge in [0, 0.05) is 44.3 Å². The molecule has 0 aliphatic carbocycles. The fourth-order valence-electron chi connectivity index (χ4n) is 3.54. The van der Waals surface area contributed by atoms with Gasteiger partial charge in [0.05, 0.1) is 0 Å². The quantitative estimate of drug-likeness (QED) is 0.743. The van der Waals surface area contributed by atoms with E-state index in [4.69, 9.17) is 5.73 Å². The van der Waals surface area contributed by atoms with E-state index in [1.807, 2.05) is 0 Å². The van der Waals surface area contributed by atoms with Crippen molar-refractivity contribution in [2.45, 2.75) is 78.4 Å². The van der Waals surface area contributed by atoms with Crippen molar-refractivity contribution in [2.75, 3.05) is 26.2 Å². The summed E-state index contributed by atoms with van der Waals surface area (Å²) in [4.78, 5) is 5.29. The van der Waals surface area contributed by atoms with Crippen LogP contribution in [0.5, 0.6) is 0 Å². The molecule has 1 heterocycles. The number of rotatable bonds is 8. The Bertz CT molecular complexity index is 231. The minimum atomic E-state index is 0.347. The van der Waals surface area contributed by atoms with Crippen molar-refractivity contribution in [1.82, 2.24) is 9.80 Å². The second kappa shape index (κ2) is 9.01. The van der Waals surface area contributed by atoms with Crippen molar-refractivity contribution in [1.29, 1.82) is 0 Å². The first-order valence-electron chi connectivity index (χ1n) is 8.73. The van der Waals surface area contributed by atoms with E-state index < -0.39 is 0 Å². The van der Waals surface area contributed by atoms with Gasteiger partial charge in [-0.05, 0) is 32.6 Å². The molecule has 4 atom stereocenters. The maximum Gasteiger partial charge on any atom is 0.0221 e. The average molecular weight is 284 g/mol. The van der Waals surface area contributed by atoms with E-state index >= 15 is 0 Å². The maximum atomic E-state index is 6.22. The minimum Gasteiger partial charge on any atom is -0.327 e. The highest BCUT2D eigenvalue weighted by molar-refractivity contribution is 4.88. The molecule has 3 nitrogen and oxygen atoms in total. The van der Waals surface area contributed by atoms with Crippen LogP contribution in [0.4, 0.5) is 0 Å². The Balaban J connectivity index is 2.45. The Kier molecular flexibility index (Phi) is 8.08. The first kappa shape index (κ1) is 17.9. The van der Waals surface area contributed by atoms with E-state index in [9.17, 15) is 0 Å². The number of nitrogens with two attached hydrogens (primary N) is 1. The first-order chi connectivity index (χ1) is 9.49. The zero-order valence-electron chi connectivity index (χ0n) is 14.4. The maximum absolute atomic E-state index is 6.22. The summed E-state index contributed by atoms with van der Waals surface area (Å²) in [6, 6.07) is 1.62. The minimum absolute atomic E-state index is 0.347. The summed E-state index contributed by atoms with van der Waals surface area (Å²) in [5.74, 6) is 0.823. The lowest BCUT2D eigenvalue weighted by Gasteiger charge is -2.46. The average Bonchev–Trinajstić information content (AvgIpc) is 2.39. The second-order valence-electron chi connectivity index (χ2n) is 6.91. The van der Waals surface area contributed by atoms with Crippen molar-refractivity contribution in [3.63, 3.8) is 0 Å². The van der Waals surface area contributed by atoms with Crippen LogP contribution in [0.3, 0.4) is 0 Å². The van der Waals surface area contributed by atoms with Crippen LogP contribution in [0.2, 0.25) is 0 Å². The van der Waals surface area contributed by atoms with Gasteiger partial charge in [0.15, 0.2) is 0 Å². The topological polar surface area (TPSA) is 32.5 Å². The van der Waals surface area contributed by atoms with Gasteiger partial charge in [-0.25, -0.2) is 0 Å². The lowest BCUT2D eigenvalue weighted by molar-refractivity contribution is 0.0235. The zero-order valence-corrected chi connectivity index (χ0v) is 14.4. The van der Waals surface area contributed by atoms with Crippen molar-refractivity contribution in [2.24, 2.45) is 11.7 Å². The second-order valence-corrected chi connectivity index (χ2v) is 6.91. The Labute approximate surface area is 126 Å². The molecule has 2 N–H and O–H groups in total. The summed E-state index contributed by atoms with van der Waals surface area (Å²) in [7, 11) is 0. The first-order valence-corrected chi connectivity index (χ1v) is 8.73. The summed E-state index contributed by atoms with van der Waals surface area (Å²) < 4.78 is 0. The summed E-state index contributed by atoms with van der Waals surface area (Å²) in [5, 5.41) is 0. The molecule has 120 valence electrons. The summed E-state index contributed by atoms with van der Waals surface area (Å²) >= 11 is 0. The number of hydrogen-bond acceptors (Lipinski definition) is 3. The van der Waals surface area contributed by atoms with Crippen LogP contribution >= 0.6 is 0 Å². The fourth-order valence-corrected chi connectivity index (χ4v) is 3.54. The molecule has 0 aromatic carbocycles. The summed E-state index contributed by atoms with van der Waals surface area (Å²) in [5.41, 5.74) is 6.22. The predicted molar refractivity (Wildman–Crippen MR) is 89.0 cm³/mol. The fraction of sp³-hybridized carbons (Fsp3) is 1.00. The normalized spacial score (nSPS) is 28.5. The predicted octanol–water partition coefficient (Wildman–Crippen LogP) is 2.94. The van der Waals surface area contributed by atoms with Gasteiger partial charge in [-0.2, -0.15) is 0 Å². The van der Waals surface area contributed by atoms with Crippen LogP contribution < -0.4 is 5.73 Å². The lowest BCUT2D eigenvalue weighted by Crippen LogP contribution is -2.59. The molecule has 0 bridgehead atoms. The van der Waals surface area contributed by atoms with Crippen LogP contribution in [-0.4, -0.2) is 54.1 Å². The molecule has 0 aromatic heterocycles. The zero-order chi connectivity index (χ0) is 15.1. The van der Waals surface area contributed by atoms with Crippen LogP contribution in [0.1, 0.15) is 60.3 Å². The molecule has 0 spiro atoms. The van der Waals surface area contributed by atoms with Gasteiger partial charge >= 0.3 is 0 Å². The van der Waals surface area contributed by atoms with Crippen molar-refractivity contribution in [3.05, 3.63) is 0 Å². The Morgan fingerprint density at radius 3 is 1.95 bits per heavy atom. The van der Waals surface area contributed by atoms with Gasteiger partial charge in [0.1, 0.15) is 0 Å². The van der Waals surface area contributed by atoms with Crippen LogP contribution in [0.25, 0.3) is 0 Å². The highest BCUT2D eigenvalue weighted by atomic mass is 15.3. The summed E-state index contributed by atoms with van der Waals surface area (Å²) in [6.07, 6.45) is 4.99. The third kappa shape index (κ3) is 5.34. The van der Waals surface area contributed by atoms with Crippen LogP contribution in [-0.2, 0) is 0 Å². The molecule has 1 saturated heterocycles. The molecule has 1 aliphatic rings. The van der Waals surface area contributed by atoms with Crippen LogP contribution in [0.15, 0.2) is 0 Å². The molecule has 0 amide bonds. The molecule has 0 saturated carbocycles. The Hall–Kier alpha value is -0.120. The Morgan fingerprint density at radius 2 is 1.45 bits per heavy atom. The van der Waals surface area contributed by atoms with E-state index in [0.717, 1.165) is 18.9 Å².